The molecule has 9 unspecified atom stereocenters. The average Bonchev–Trinajstić information content (AvgIpc) is 3.28. The molecular formula is C51H56N2O12S. The van der Waals surface area contributed by atoms with Crippen LogP contribution in [0.3, 0.4) is 0 Å². The Kier molecular flexibility index (Phi) is 15.8. The number of rotatable bonds is 15. The molecule has 5 aromatic carbocycles. The largest absolute Gasteiger partial charge is 0.463 e. The molecule has 0 amide bonds. The summed E-state index contributed by atoms with van der Waals surface area (Å²) in [6.07, 6.45) is -7.40. The number of anilines is 1. The van der Waals surface area contributed by atoms with E-state index in [1.165, 1.54) is 54.8 Å². The maximum atomic E-state index is 12.4. The quantitative estimate of drug-likeness (QED) is 0.0454. The van der Waals surface area contributed by atoms with E-state index in [2.05, 4.69) is 78.8 Å². The van der Waals surface area contributed by atoms with Gasteiger partial charge < -0.3 is 43.6 Å². The third-order valence-corrected chi connectivity index (χ3v) is 12.1. The van der Waals surface area contributed by atoms with Gasteiger partial charge in [0.2, 0.25) is 0 Å². The molecule has 0 bridgehead atoms. The van der Waals surface area contributed by atoms with Gasteiger partial charge in [-0.1, -0.05) is 104 Å². The van der Waals surface area contributed by atoms with Crippen molar-refractivity contribution >= 4 is 68.3 Å². The van der Waals surface area contributed by atoms with Gasteiger partial charge in [0.1, 0.15) is 18.8 Å². The molecule has 2 fully saturated rings. The minimum Gasteiger partial charge on any atom is -0.463 e. The summed E-state index contributed by atoms with van der Waals surface area (Å²) in [5, 5.41) is 17.8. The molecule has 14 nitrogen and oxygen atoms in total. The average molecular weight is 921 g/mol. The van der Waals surface area contributed by atoms with E-state index in [0.29, 0.717) is 18.8 Å². The Bertz CT molecular complexity index is 2500. The molecule has 2 N–H and O–H groups in total. The monoisotopic (exact) mass is 920 g/mol. The highest BCUT2D eigenvalue weighted by Crippen LogP contribution is 2.43. The third-order valence-electron chi connectivity index (χ3n) is 11.8. The zero-order valence-corrected chi connectivity index (χ0v) is 38.7. The molecular weight excluding hydrogens is 865 g/mol. The summed E-state index contributed by atoms with van der Waals surface area (Å²) < 4.78 is 42.0. The van der Waals surface area contributed by atoms with E-state index in [1.807, 2.05) is 48.5 Å². The van der Waals surface area contributed by atoms with Crippen molar-refractivity contribution in [1.82, 2.24) is 4.90 Å². The van der Waals surface area contributed by atoms with Gasteiger partial charge in [0.15, 0.2) is 24.6 Å². The van der Waals surface area contributed by atoms with Gasteiger partial charge >= 0.3 is 23.9 Å². The summed E-state index contributed by atoms with van der Waals surface area (Å²) in [7, 11) is 2.11. The number of esters is 4. The highest BCUT2D eigenvalue weighted by molar-refractivity contribution is 7.80. The zero-order valence-electron chi connectivity index (χ0n) is 37.8. The van der Waals surface area contributed by atoms with Gasteiger partial charge in [-0.15, -0.1) is 0 Å². The van der Waals surface area contributed by atoms with Crippen LogP contribution in [0.15, 0.2) is 103 Å². The Labute approximate surface area is 389 Å². The van der Waals surface area contributed by atoms with Gasteiger partial charge in [-0.3, -0.25) is 24.1 Å². The Morgan fingerprint density at radius 2 is 1.29 bits per heavy atom. The Morgan fingerprint density at radius 3 is 1.89 bits per heavy atom. The van der Waals surface area contributed by atoms with Gasteiger partial charge in [0.05, 0.1) is 23.8 Å². The summed E-state index contributed by atoms with van der Waals surface area (Å²) in [5.41, 5.74) is 4.34. The van der Waals surface area contributed by atoms with Crippen LogP contribution >= 0.6 is 12.2 Å². The van der Waals surface area contributed by atoms with Crippen molar-refractivity contribution in [3.05, 3.63) is 125 Å². The smallest absolute Gasteiger partial charge is 0.303 e. The van der Waals surface area contributed by atoms with Gasteiger partial charge in [0.25, 0.3) is 0 Å². The molecule has 5 aromatic rings. The summed E-state index contributed by atoms with van der Waals surface area (Å²) in [6, 6.07) is 34.5. The van der Waals surface area contributed by atoms with E-state index >= 15 is 0 Å². The highest BCUT2D eigenvalue weighted by atomic mass is 32.1. The topological polar surface area (TPSA) is 168 Å². The molecule has 2 saturated heterocycles. The lowest BCUT2D eigenvalue weighted by Gasteiger charge is -2.44. The SMILES string of the molecule is CC(=O)OCC1OC(CC(=S)Nc2cccc(C3OC(CN(C)Cc4c5ccccc5cc5ccccc45)C(C)C(c4ccc(CO)cc4)O3)c2)C(OC(C)=O)C(OC(C)=O)C1OC(C)=O. The van der Waals surface area contributed by atoms with E-state index in [4.69, 9.17) is 45.4 Å². The maximum Gasteiger partial charge on any atom is 0.303 e. The molecule has 0 radical (unpaired) electrons. The first-order valence-corrected chi connectivity index (χ1v) is 22.4. The van der Waals surface area contributed by atoms with Crippen LogP contribution in [0.4, 0.5) is 5.69 Å². The van der Waals surface area contributed by atoms with Crippen LogP contribution in [0.2, 0.25) is 0 Å². The number of benzene rings is 5. The molecule has 2 heterocycles. The summed E-state index contributed by atoms with van der Waals surface area (Å²) >= 11 is 5.86. The van der Waals surface area contributed by atoms with Gasteiger partial charge in [-0.25, -0.2) is 0 Å². The number of aliphatic hydroxyl groups excluding tert-OH is 1. The molecule has 2 aliphatic rings. The lowest BCUT2D eigenvalue weighted by molar-refractivity contribution is -0.276. The molecule has 7 rings (SSSR count). The third kappa shape index (κ3) is 11.8. The van der Waals surface area contributed by atoms with Crippen LogP contribution < -0.4 is 5.32 Å². The van der Waals surface area contributed by atoms with Crippen molar-refractivity contribution in [2.45, 2.75) is 103 Å². The summed E-state index contributed by atoms with van der Waals surface area (Å²) in [5.74, 6) is -2.82. The Hall–Kier alpha value is -5.81. The second-order valence-corrected chi connectivity index (χ2v) is 17.4. The van der Waals surface area contributed by atoms with Crippen LogP contribution in [0, 0.1) is 5.92 Å². The maximum absolute atomic E-state index is 12.4. The number of ether oxygens (including phenoxy) is 7. The number of carbonyl (C=O) groups excluding carboxylic acids is 4. The van der Waals surface area contributed by atoms with E-state index in [1.54, 1.807) is 0 Å². The van der Waals surface area contributed by atoms with Crippen LogP contribution in [0.25, 0.3) is 21.5 Å². The van der Waals surface area contributed by atoms with Crippen molar-refractivity contribution in [2.24, 2.45) is 5.92 Å². The minimum atomic E-state index is -1.31. The lowest BCUT2D eigenvalue weighted by atomic mass is 9.89. The summed E-state index contributed by atoms with van der Waals surface area (Å²) in [4.78, 5) is 51.4. The van der Waals surface area contributed by atoms with Crippen LogP contribution in [0.1, 0.15) is 75.7 Å². The molecule has 0 aliphatic carbocycles. The normalized spacial score (nSPS) is 24.1. The van der Waals surface area contributed by atoms with Crippen molar-refractivity contribution < 1.29 is 57.4 Å². The predicted octanol–water partition coefficient (Wildman–Crippen LogP) is 7.66. The van der Waals surface area contributed by atoms with Crippen LogP contribution in [-0.2, 0) is 65.5 Å². The highest BCUT2D eigenvalue weighted by Gasteiger charge is 2.52. The number of nitrogens with one attached hydrogen (secondary N) is 1. The second-order valence-electron chi connectivity index (χ2n) is 16.9. The number of fused-ring (bicyclic) bond motifs is 2. The van der Waals surface area contributed by atoms with Crippen molar-refractivity contribution in [3.8, 4) is 0 Å². The molecule has 2 aliphatic heterocycles. The first-order valence-electron chi connectivity index (χ1n) is 22.0. The molecule has 0 aromatic heterocycles. The fourth-order valence-electron chi connectivity index (χ4n) is 8.89. The molecule has 66 heavy (non-hydrogen) atoms. The van der Waals surface area contributed by atoms with Crippen molar-refractivity contribution in [1.29, 1.82) is 0 Å². The van der Waals surface area contributed by atoms with Gasteiger partial charge in [-0.05, 0) is 63.5 Å². The fourth-order valence-corrected chi connectivity index (χ4v) is 9.17. The lowest BCUT2D eigenvalue weighted by Crippen LogP contribution is -2.62. The van der Waals surface area contributed by atoms with Crippen molar-refractivity contribution in [2.75, 3.05) is 25.5 Å². The first-order chi connectivity index (χ1) is 31.7. The van der Waals surface area contributed by atoms with E-state index in [0.717, 1.165) is 16.7 Å². The van der Waals surface area contributed by atoms with Gasteiger partial charge in [0, 0.05) is 64.4 Å². The van der Waals surface area contributed by atoms with Crippen molar-refractivity contribution in [3.63, 3.8) is 0 Å². The first kappa shape index (κ1) is 48.1. The minimum absolute atomic E-state index is 0.0428. The number of carbonyl (C=O) groups is 4. The number of aliphatic hydroxyl groups is 1. The Balaban J connectivity index is 1.13. The standard InChI is InChI=1S/C51H56N2O12S/c1-29-44(26-53(6)25-42-40-16-9-7-12-36(40)22-37-13-8-10-17-41(37)42)64-51(65-47(29)35-20-18-34(27-54)19-21-35)38-14-11-15-39(23-38)52-46(66)24-43-48(60-31(3)56)50(62-33(5)58)49(61-32(4)57)45(63-43)28-59-30(2)55/h7-23,29,43-45,47-51,54H,24-28H2,1-6H3,(H,52,66). The number of hydrogen-bond donors (Lipinski definition) is 2. The van der Waals surface area contributed by atoms with E-state index in [9.17, 15) is 24.3 Å². The Morgan fingerprint density at radius 1 is 0.682 bits per heavy atom. The van der Waals surface area contributed by atoms with E-state index < -0.39 is 60.7 Å². The van der Waals surface area contributed by atoms with Crippen LogP contribution in [-0.4, -0.2) is 95.7 Å². The zero-order chi connectivity index (χ0) is 47.1. The van der Waals surface area contributed by atoms with E-state index in [-0.39, 0.29) is 42.7 Å². The van der Waals surface area contributed by atoms with Gasteiger partial charge in [-0.2, -0.15) is 0 Å². The number of thiocarbonyl (C=S) groups is 1. The molecule has 0 spiro atoms. The second kappa shape index (κ2) is 21.7. The summed E-state index contributed by atoms with van der Waals surface area (Å²) in [6.45, 7) is 7.75. The number of hydrogen-bond acceptors (Lipinski definition) is 14. The fraction of sp³-hybridized carbons (Fsp3) is 0.392. The molecule has 9 atom stereocenters. The number of likely N-dealkylation sites (N-methyl/N-ethyl adjacent to an activating group) is 1. The molecule has 15 heteroatoms. The number of nitrogens with zero attached hydrogens (tertiary/aromatic N) is 1. The molecule has 0 saturated carbocycles. The molecule has 348 valence electrons. The predicted molar refractivity (Wildman–Crippen MR) is 250 cm³/mol. The van der Waals surface area contributed by atoms with Crippen LogP contribution in [0.5, 0.6) is 0 Å².